The molecule has 17 heavy (non-hydrogen) atoms. The van der Waals surface area contributed by atoms with Gasteiger partial charge in [0.1, 0.15) is 0 Å². The fraction of sp³-hybridized carbons (Fsp3) is 0.200. The number of hydrogen-bond acceptors (Lipinski definition) is 5. The summed E-state index contributed by atoms with van der Waals surface area (Å²) in [5, 5.41) is 19.7. The zero-order valence-corrected chi connectivity index (χ0v) is 9.55. The predicted molar refractivity (Wildman–Crippen MR) is 65.9 cm³/mol. The van der Waals surface area contributed by atoms with Crippen LogP contribution in [0.1, 0.15) is 0 Å². The number of anilines is 1. The molecule has 1 saturated heterocycles. The normalized spacial score (nSPS) is 17.1. The lowest BCUT2D eigenvalue weighted by Gasteiger charge is -2.16. The second kappa shape index (κ2) is 4.84. The summed E-state index contributed by atoms with van der Waals surface area (Å²) in [7, 11) is 0. The van der Waals surface area contributed by atoms with Crippen molar-refractivity contribution < 1.29 is 4.92 Å². The molecule has 0 amide bonds. The first-order valence-electron chi connectivity index (χ1n) is 4.84. The van der Waals surface area contributed by atoms with Gasteiger partial charge in [-0.2, -0.15) is 5.26 Å². The molecule has 6 nitrogen and oxygen atoms in total. The van der Waals surface area contributed by atoms with Gasteiger partial charge in [0.05, 0.1) is 4.92 Å². The van der Waals surface area contributed by atoms with Crippen molar-refractivity contribution in [1.29, 1.82) is 5.26 Å². The molecule has 0 aliphatic carbocycles. The lowest BCUT2D eigenvalue weighted by Crippen LogP contribution is -2.23. The second-order valence-electron chi connectivity index (χ2n) is 3.27. The first-order valence-corrected chi connectivity index (χ1v) is 5.82. The van der Waals surface area contributed by atoms with E-state index in [0.29, 0.717) is 5.17 Å². The van der Waals surface area contributed by atoms with Crippen molar-refractivity contribution in [2.75, 3.05) is 17.2 Å². The van der Waals surface area contributed by atoms with Crippen molar-refractivity contribution in [1.82, 2.24) is 0 Å². The van der Waals surface area contributed by atoms with Gasteiger partial charge in [0, 0.05) is 30.1 Å². The number of nitriles is 1. The van der Waals surface area contributed by atoms with E-state index in [1.54, 1.807) is 18.3 Å². The van der Waals surface area contributed by atoms with E-state index >= 15 is 0 Å². The summed E-state index contributed by atoms with van der Waals surface area (Å²) in [4.78, 5) is 15.7. The Morgan fingerprint density at radius 3 is 2.76 bits per heavy atom. The third-order valence-corrected chi connectivity index (χ3v) is 3.25. The highest BCUT2D eigenvalue weighted by Crippen LogP contribution is 2.26. The molecule has 0 saturated carbocycles. The number of nitrogens with zero attached hydrogens (tertiary/aromatic N) is 4. The van der Waals surface area contributed by atoms with Crippen molar-refractivity contribution in [2.45, 2.75) is 0 Å². The van der Waals surface area contributed by atoms with Gasteiger partial charge in [0.25, 0.3) is 5.69 Å². The summed E-state index contributed by atoms with van der Waals surface area (Å²) in [5.41, 5.74) is 0.869. The quantitative estimate of drug-likeness (QED) is 0.454. The molecule has 0 bridgehead atoms. The number of benzene rings is 1. The van der Waals surface area contributed by atoms with E-state index in [4.69, 9.17) is 5.26 Å². The zero-order valence-electron chi connectivity index (χ0n) is 8.74. The van der Waals surface area contributed by atoms with Gasteiger partial charge in [0.15, 0.2) is 5.17 Å². The van der Waals surface area contributed by atoms with Crippen molar-refractivity contribution in [2.24, 2.45) is 4.99 Å². The van der Waals surface area contributed by atoms with Crippen LogP contribution in [0.4, 0.5) is 11.4 Å². The Labute approximate surface area is 102 Å². The summed E-state index contributed by atoms with van der Waals surface area (Å²) in [6, 6.07) is 6.22. The van der Waals surface area contributed by atoms with Crippen LogP contribution < -0.4 is 4.90 Å². The van der Waals surface area contributed by atoms with Gasteiger partial charge in [0.2, 0.25) is 6.19 Å². The van der Waals surface area contributed by atoms with Gasteiger partial charge in [-0.15, -0.1) is 4.99 Å². The molecule has 1 fully saturated rings. The highest BCUT2D eigenvalue weighted by Gasteiger charge is 2.21. The SMILES string of the molecule is N#CN=C1SCCN1c1ccc([N+](=O)[O-])cc1. The van der Waals surface area contributed by atoms with Crippen molar-refractivity contribution in [3.05, 3.63) is 34.4 Å². The average molecular weight is 248 g/mol. The van der Waals surface area contributed by atoms with E-state index in [0.717, 1.165) is 18.0 Å². The minimum Gasteiger partial charge on any atom is -0.319 e. The van der Waals surface area contributed by atoms with Gasteiger partial charge in [-0.1, -0.05) is 11.8 Å². The molecule has 1 aliphatic rings. The maximum atomic E-state index is 10.5. The number of thioether (sulfide) groups is 1. The number of nitro groups is 1. The second-order valence-corrected chi connectivity index (χ2v) is 4.33. The summed E-state index contributed by atoms with van der Waals surface area (Å²) in [5.74, 6) is 0.859. The fourth-order valence-electron chi connectivity index (χ4n) is 1.53. The van der Waals surface area contributed by atoms with Gasteiger partial charge < -0.3 is 4.90 Å². The highest BCUT2D eigenvalue weighted by atomic mass is 32.2. The van der Waals surface area contributed by atoms with Crippen LogP contribution in [-0.4, -0.2) is 22.4 Å². The van der Waals surface area contributed by atoms with E-state index in [-0.39, 0.29) is 5.69 Å². The standard InChI is InChI=1S/C10H8N4O2S/c11-7-12-10-13(5-6-17-10)8-1-3-9(4-2-8)14(15)16/h1-4H,5-6H2. The van der Waals surface area contributed by atoms with E-state index < -0.39 is 4.92 Å². The van der Waals surface area contributed by atoms with E-state index in [9.17, 15) is 10.1 Å². The van der Waals surface area contributed by atoms with Crippen LogP contribution in [0.25, 0.3) is 0 Å². The van der Waals surface area contributed by atoms with Crippen LogP contribution in [0.5, 0.6) is 0 Å². The summed E-state index contributed by atoms with van der Waals surface area (Å²) < 4.78 is 0. The number of nitro benzene ring substituents is 1. The molecule has 0 radical (unpaired) electrons. The van der Waals surface area contributed by atoms with E-state index in [1.165, 1.54) is 23.9 Å². The van der Waals surface area contributed by atoms with E-state index in [1.807, 2.05) is 4.90 Å². The van der Waals surface area contributed by atoms with Crippen molar-refractivity contribution in [3.8, 4) is 6.19 Å². The summed E-state index contributed by atoms with van der Waals surface area (Å²) >= 11 is 1.50. The Balaban J connectivity index is 2.26. The van der Waals surface area contributed by atoms with Gasteiger partial charge in [-0.05, 0) is 12.1 Å². The number of amidine groups is 1. The predicted octanol–water partition coefficient (Wildman–Crippen LogP) is 1.99. The molecular formula is C10H8N4O2S. The van der Waals surface area contributed by atoms with Crippen LogP contribution in [0.2, 0.25) is 0 Å². The molecule has 0 unspecified atom stereocenters. The van der Waals surface area contributed by atoms with Gasteiger partial charge in [-0.25, -0.2) is 0 Å². The molecule has 1 aromatic carbocycles. The topological polar surface area (TPSA) is 82.5 Å². The Morgan fingerprint density at radius 2 is 2.18 bits per heavy atom. The Hall–Kier alpha value is -2.07. The number of hydrogen-bond donors (Lipinski definition) is 0. The van der Waals surface area contributed by atoms with Crippen LogP contribution in [0.3, 0.4) is 0 Å². The van der Waals surface area contributed by atoms with E-state index in [2.05, 4.69) is 4.99 Å². The largest absolute Gasteiger partial charge is 0.319 e. The average Bonchev–Trinajstić information content (AvgIpc) is 2.78. The van der Waals surface area contributed by atoms with Crippen LogP contribution in [0.15, 0.2) is 29.3 Å². The van der Waals surface area contributed by atoms with Crippen molar-refractivity contribution >= 4 is 28.3 Å². The molecule has 86 valence electrons. The Kier molecular flexibility index (Phi) is 3.25. The van der Waals surface area contributed by atoms with Crippen LogP contribution in [-0.2, 0) is 0 Å². The first kappa shape index (κ1) is 11.4. The lowest BCUT2D eigenvalue weighted by molar-refractivity contribution is -0.384. The Bertz CT molecular complexity index is 506. The smallest absolute Gasteiger partial charge is 0.269 e. The molecule has 0 aromatic heterocycles. The third-order valence-electron chi connectivity index (χ3n) is 2.29. The molecule has 0 spiro atoms. The molecule has 1 aromatic rings. The maximum Gasteiger partial charge on any atom is 0.269 e. The minimum atomic E-state index is -0.438. The Morgan fingerprint density at radius 1 is 1.47 bits per heavy atom. The molecule has 1 heterocycles. The number of aliphatic imine (C=N–C) groups is 1. The number of non-ortho nitro benzene ring substituents is 1. The summed E-state index contributed by atoms with van der Waals surface area (Å²) in [6.07, 6.45) is 1.76. The third kappa shape index (κ3) is 2.37. The highest BCUT2D eigenvalue weighted by molar-refractivity contribution is 8.14. The van der Waals surface area contributed by atoms with Gasteiger partial charge >= 0.3 is 0 Å². The molecule has 0 N–H and O–H groups in total. The first-order chi connectivity index (χ1) is 8.22. The maximum absolute atomic E-state index is 10.5. The fourth-order valence-corrected chi connectivity index (χ4v) is 2.45. The monoisotopic (exact) mass is 248 g/mol. The van der Waals surface area contributed by atoms with Crippen LogP contribution in [0, 0.1) is 21.6 Å². The number of rotatable bonds is 2. The van der Waals surface area contributed by atoms with Crippen molar-refractivity contribution in [3.63, 3.8) is 0 Å². The molecular weight excluding hydrogens is 240 g/mol. The van der Waals surface area contributed by atoms with Gasteiger partial charge in [-0.3, -0.25) is 10.1 Å². The summed E-state index contributed by atoms with van der Waals surface area (Å²) in [6.45, 7) is 0.753. The molecule has 1 aliphatic heterocycles. The zero-order chi connectivity index (χ0) is 12.3. The molecule has 7 heteroatoms. The molecule has 2 rings (SSSR count). The van der Waals surface area contributed by atoms with Crippen LogP contribution >= 0.6 is 11.8 Å². The molecule has 0 atom stereocenters. The minimum absolute atomic E-state index is 0.0550. The lowest BCUT2D eigenvalue weighted by atomic mass is 10.2.